The van der Waals surface area contributed by atoms with Crippen molar-refractivity contribution in [3.8, 4) is 0 Å². The van der Waals surface area contributed by atoms with Gasteiger partial charge in [-0.2, -0.15) is 0 Å². The summed E-state index contributed by atoms with van der Waals surface area (Å²) < 4.78 is 4.94. The van der Waals surface area contributed by atoms with Crippen LogP contribution in [0.25, 0.3) is 0 Å². The van der Waals surface area contributed by atoms with E-state index in [9.17, 15) is 9.59 Å². The van der Waals surface area contributed by atoms with E-state index in [4.69, 9.17) is 4.74 Å². The Morgan fingerprint density at radius 2 is 1.67 bits per heavy atom. The standard InChI is InChI=1S/C18H13N3O3/c1-24-18(23)16-10-15-11-6-2-3-7-12(11)17(22)20-14-9-5-4-8-13(14)19(16)21(15)20/h2-10,15H,1H3. The fourth-order valence-corrected chi connectivity index (χ4v) is 3.65. The van der Waals surface area contributed by atoms with Gasteiger partial charge in [0.2, 0.25) is 0 Å². The van der Waals surface area contributed by atoms with Gasteiger partial charge in [-0.3, -0.25) is 4.79 Å². The molecule has 0 bridgehead atoms. The lowest BCUT2D eigenvalue weighted by Crippen LogP contribution is -2.53. The Bertz CT molecular complexity index is 937. The second-order valence-electron chi connectivity index (χ2n) is 5.81. The zero-order chi connectivity index (χ0) is 16.4. The molecule has 0 aromatic heterocycles. The van der Waals surface area contributed by atoms with Gasteiger partial charge in [0, 0.05) is 5.56 Å². The van der Waals surface area contributed by atoms with Crippen molar-refractivity contribution in [3.63, 3.8) is 0 Å². The number of ether oxygens (including phenoxy) is 1. The van der Waals surface area contributed by atoms with Crippen LogP contribution < -0.4 is 10.0 Å². The van der Waals surface area contributed by atoms with Gasteiger partial charge < -0.3 is 4.74 Å². The molecule has 5 rings (SSSR count). The number of para-hydroxylation sites is 2. The maximum absolute atomic E-state index is 13.0. The summed E-state index contributed by atoms with van der Waals surface area (Å²) in [6.07, 6.45) is 1.85. The van der Waals surface area contributed by atoms with Crippen LogP contribution in [0.1, 0.15) is 22.0 Å². The Labute approximate surface area is 138 Å². The highest BCUT2D eigenvalue weighted by Crippen LogP contribution is 2.52. The average molecular weight is 319 g/mol. The molecule has 0 aliphatic carbocycles. The van der Waals surface area contributed by atoms with Crippen molar-refractivity contribution in [1.29, 1.82) is 0 Å². The fourth-order valence-electron chi connectivity index (χ4n) is 3.65. The molecule has 3 aliphatic heterocycles. The molecule has 0 spiro atoms. The third-order valence-corrected chi connectivity index (χ3v) is 4.64. The Balaban J connectivity index is 1.80. The van der Waals surface area contributed by atoms with Crippen LogP contribution in [0.15, 0.2) is 60.3 Å². The molecule has 24 heavy (non-hydrogen) atoms. The summed E-state index contributed by atoms with van der Waals surface area (Å²) in [5, 5.41) is 5.22. The largest absolute Gasteiger partial charge is 0.464 e. The fraction of sp³-hybridized carbons (Fsp3) is 0.111. The number of hydrogen-bond donors (Lipinski definition) is 0. The number of esters is 1. The monoisotopic (exact) mass is 319 g/mol. The molecule has 0 fully saturated rings. The summed E-state index contributed by atoms with van der Waals surface area (Å²) in [5.41, 5.74) is 3.50. The SMILES string of the molecule is COC(=O)C1=CC2c3ccccc3C(=O)N3c4ccccc4N1N23. The van der Waals surface area contributed by atoms with Gasteiger partial charge in [0.1, 0.15) is 5.70 Å². The first-order valence-electron chi connectivity index (χ1n) is 7.64. The predicted molar refractivity (Wildman–Crippen MR) is 86.9 cm³/mol. The molecule has 0 saturated heterocycles. The molecule has 6 nitrogen and oxygen atoms in total. The van der Waals surface area contributed by atoms with Crippen LogP contribution in [0.3, 0.4) is 0 Å². The lowest BCUT2D eigenvalue weighted by Gasteiger charge is -2.38. The van der Waals surface area contributed by atoms with Crippen LogP contribution in [-0.2, 0) is 9.53 Å². The van der Waals surface area contributed by atoms with Crippen LogP contribution >= 0.6 is 0 Å². The molecule has 2 aromatic carbocycles. The summed E-state index contributed by atoms with van der Waals surface area (Å²) in [7, 11) is 1.36. The van der Waals surface area contributed by atoms with E-state index in [0.717, 1.165) is 16.9 Å². The molecule has 3 aliphatic rings. The normalized spacial score (nSPS) is 20.5. The van der Waals surface area contributed by atoms with Crippen molar-refractivity contribution in [2.45, 2.75) is 6.04 Å². The molecule has 2 aromatic rings. The molecule has 0 radical (unpaired) electrons. The van der Waals surface area contributed by atoms with E-state index >= 15 is 0 Å². The highest BCUT2D eigenvalue weighted by atomic mass is 16.5. The first-order chi connectivity index (χ1) is 11.7. The summed E-state index contributed by atoms with van der Waals surface area (Å²) in [6, 6.07) is 14.8. The van der Waals surface area contributed by atoms with Crippen molar-refractivity contribution in [3.05, 3.63) is 71.4 Å². The van der Waals surface area contributed by atoms with E-state index in [1.165, 1.54) is 7.11 Å². The lowest BCUT2D eigenvalue weighted by atomic mass is 9.97. The third-order valence-electron chi connectivity index (χ3n) is 4.64. The van der Waals surface area contributed by atoms with E-state index in [1.807, 2.05) is 59.7 Å². The van der Waals surface area contributed by atoms with Gasteiger partial charge in [-0.1, -0.05) is 30.3 Å². The van der Waals surface area contributed by atoms with Gasteiger partial charge >= 0.3 is 5.97 Å². The maximum Gasteiger partial charge on any atom is 0.355 e. The highest BCUT2D eigenvalue weighted by Gasteiger charge is 2.52. The van der Waals surface area contributed by atoms with Crippen molar-refractivity contribution >= 4 is 23.3 Å². The quantitative estimate of drug-likeness (QED) is 0.756. The van der Waals surface area contributed by atoms with Crippen molar-refractivity contribution in [2.24, 2.45) is 0 Å². The second kappa shape index (κ2) is 4.46. The summed E-state index contributed by atoms with van der Waals surface area (Å²) >= 11 is 0. The number of fused-ring (bicyclic) bond motifs is 5. The van der Waals surface area contributed by atoms with Gasteiger partial charge in [0.25, 0.3) is 5.91 Å². The number of amides is 1. The molecule has 3 heterocycles. The van der Waals surface area contributed by atoms with Gasteiger partial charge in [0.15, 0.2) is 0 Å². The van der Waals surface area contributed by atoms with Crippen LogP contribution in [0.4, 0.5) is 11.4 Å². The zero-order valence-electron chi connectivity index (χ0n) is 12.8. The first kappa shape index (κ1) is 13.3. The van der Waals surface area contributed by atoms with Crippen molar-refractivity contribution in [2.75, 3.05) is 17.1 Å². The number of nitrogens with zero attached hydrogens (tertiary/aromatic N) is 3. The number of hydrogen-bond acceptors (Lipinski definition) is 5. The van der Waals surface area contributed by atoms with E-state index in [2.05, 4.69) is 0 Å². The number of rotatable bonds is 1. The zero-order valence-corrected chi connectivity index (χ0v) is 12.8. The van der Waals surface area contributed by atoms with Gasteiger partial charge in [0.05, 0.1) is 24.5 Å². The molecule has 118 valence electrons. The Morgan fingerprint density at radius 3 is 2.42 bits per heavy atom. The van der Waals surface area contributed by atoms with Gasteiger partial charge in [-0.15, -0.1) is 5.12 Å². The molecule has 1 unspecified atom stereocenters. The molecule has 0 N–H and O–H groups in total. The second-order valence-corrected chi connectivity index (χ2v) is 5.81. The number of benzene rings is 2. The number of methoxy groups -OCH3 is 1. The maximum atomic E-state index is 13.0. The van der Waals surface area contributed by atoms with E-state index in [-0.39, 0.29) is 11.9 Å². The molecular weight excluding hydrogens is 306 g/mol. The topological polar surface area (TPSA) is 53.1 Å². The minimum Gasteiger partial charge on any atom is -0.464 e. The summed E-state index contributed by atoms with van der Waals surface area (Å²) in [6.45, 7) is 0. The van der Waals surface area contributed by atoms with Crippen LogP contribution in [0, 0.1) is 0 Å². The summed E-state index contributed by atoms with van der Waals surface area (Å²) in [4.78, 5) is 25.3. The van der Waals surface area contributed by atoms with Crippen LogP contribution in [-0.4, -0.2) is 24.1 Å². The number of carbonyl (C=O) groups is 2. The summed E-state index contributed by atoms with van der Waals surface area (Å²) in [5.74, 6) is -0.526. The average Bonchev–Trinajstić information content (AvgIpc) is 3.17. The first-order valence-corrected chi connectivity index (χ1v) is 7.64. The molecular formula is C18H13N3O3. The molecule has 6 heteroatoms. The minimum absolute atomic E-state index is 0.101. The van der Waals surface area contributed by atoms with Gasteiger partial charge in [-0.05, 0) is 29.8 Å². The van der Waals surface area contributed by atoms with E-state index < -0.39 is 5.97 Å². The number of hydrazine groups is 2. The minimum atomic E-state index is -0.425. The number of anilines is 2. The highest BCUT2D eigenvalue weighted by molar-refractivity contribution is 6.12. The Hall–Kier alpha value is -3.12. The number of carbonyl (C=O) groups excluding carboxylic acids is 2. The molecule has 0 saturated carbocycles. The van der Waals surface area contributed by atoms with E-state index in [0.29, 0.717) is 11.3 Å². The molecule has 1 amide bonds. The van der Waals surface area contributed by atoms with Crippen LogP contribution in [0.5, 0.6) is 0 Å². The third kappa shape index (κ3) is 1.43. The Morgan fingerprint density at radius 1 is 1.00 bits per heavy atom. The predicted octanol–water partition coefficient (Wildman–Crippen LogP) is 2.41. The van der Waals surface area contributed by atoms with Gasteiger partial charge in [-0.25, -0.2) is 14.8 Å². The lowest BCUT2D eigenvalue weighted by molar-refractivity contribution is -0.136. The Kier molecular flexibility index (Phi) is 2.47. The molecule has 1 atom stereocenters. The smallest absolute Gasteiger partial charge is 0.355 e. The van der Waals surface area contributed by atoms with Crippen molar-refractivity contribution < 1.29 is 14.3 Å². The van der Waals surface area contributed by atoms with E-state index in [1.54, 1.807) is 10.0 Å². The van der Waals surface area contributed by atoms with Crippen LogP contribution in [0.2, 0.25) is 0 Å². The van der Waals surface area contributed by atoms with Crippen molar-refractivity contribution in [1.82, 2.24) is 5.12 Å².